The van der Waals surface area contributed by atoms with E-state index in [1.165, 1.54) is 23.5 Å². The third kappa shape index (κ3) is 3.40. The van der Waals surface area contributed by atoms with Crippen LogP contribution in [-0.2, 0) is 4.79 Å². The van der Waals surface area contributed by atoms with E-state index in [9.17, 15) is 4.79 Å². The second-order valence-electron chi connectivity index (χ2n) is 4.62. The number of rotatable bonds is 4. The molecule has 0 bridgehead atoms. The lowest BCUT2D eigenvalue weighted by atomic mass is 10.2. The van der Waals surface area contributed by atoms with Crippen molar-refractivity contribution in [2.24, 2.45) is 0 Å². The molecule has 0 aliphatic carbocycles. The van der Waals surface area contributed by atoms with Crippen molar-refractivity contribution < 1.29 is 13.9 Å². The van der Waals surface area contributed by atoms with Gasteiger partial charge in [0, 0.05) is 6.08 Å². The molecule has 24 heavy (non-hydrogen) atoms. The van der Waals surface area contributed by atoms with Gasteiger partial charge in [0.2, 0.25) is 0 Å². The van der Waals surface area contributed by atoms with Gasteiger partial charge in [-0.25, -0.2) is 4.98 Å². The Bertz CT molecular complexity index is 984. The van der Waals surface area contributed by atoms with Gasteiger partial charge in [0.1, 0.15) is 23.2 Å². The van der Waals surface area contributed by atoms with Crippen LogP contribution >= 0.6 is 22.9 Å². The summed E-state index contributed by atoms with van der Waals surface area (Å²) in [5.74, 6) is 0.452. The highest BCUT2D eigenvalue weighted by molar-refractivity contribution is 7.22. The molecule has 2 heterocycles. The van der Waals surface area contributed by atoms with Crippen LogP contribution in [0.3, 0.4) is 0 Å². The molecule has 3 aromatic rings. The van der Waals surface area contributed by atoms with Crippen LogP contribution in [0, 0.1) is 11.3 Å². The molecule has 1 N–H and O–H groups in total. The van der Waals surface area contributed by atoms with Crippen LogP contribution in [0.2, 0.25) is 5.22 Å². The summed E-state index contributed by atoms with van der Waals surface area (Å²) < 4.78 is 11.1. The molecule has 0 spiro atoms. The number of aromatic nitrogens is 1. The van der Waals surface area contributed by atoms with Gasteiger partial charge in [0.25, 0.3) is 5.91 Å². The number of hydrogen-bond acceptors (Lipinski definition) is 6. The predicted molar refractivity (Wildman–Crippen MR) is 92.1 cm³/mol. The SMILES string of the molecule is COc1ccc2nc(NC(=O)/C(C#N)=C\c3ccc(Cl)o3)sc2c1. The van der Waals surface area contributed by atoms with E-state index in [1.807, 2.05) is 12.1 Å². The van der Waals surface area contributed by atoms with Crippen LogP contribution < -0.4 is 10.1 Å². The van der Waals surface area contributed by atoms with Gasteiger partial charge in [0.05, 0.1) is 17.3 Å². The van der Waals surface area contributed by atoms with Crippen LogP contribution in [-0.4, -0.2) is 18.0 Å². The average Bonchev–Trinajstić information content (AvgIpc) is 3.16. The van der Waals surface area contributed by atoms with Gasteiger partial charge in [-0.15, -0.1) is 0 Å². The van der Waals surface area contributed by atoms with Crippen molar-refractivity contribution in [3.8, 4) is 11.8 Å². The highest BCUT2D eigenvalue weighted by Gasteiger charge is 2.13. The Morgan fingerprint density at radius 2 is 2.29 bits per heavy atom. The van der Waals surface area contributed by atoms with Crippen molar-refractivity contribution in [3.63, 3.8) is 0 Å². The highest BCUT2D eigenvalue weighted by atomic mass is 35.5. The minimum Gasteiger partial charge on any atom is -0.497 e. The monoisotopic (exact) mass is 359 g/mol. The Hall–Kier alpha value is -2.82. The summed E-state index contributed by atoms with van der Waals surface area (Å²) in [6, 6.07) is 10.3. The summed E-state index contributed by atoms with van der Waals surface area (Å²) >= 11 is 6.96. The molecule has 0 saturated carbocycles. The minimum atomic E-state index is -0.573. The first kappa shape index (κ1) is 16.1. The summed E-state index contributed by atoms with van der Waals surface area (Å²) in [6.45, 7) is 0. The molecule has 120 valence electrons. The van der Waals surface area contributed by atoms with Crippen molar-refractivity contribution >= 4 is 50.3 Å². The van der Waals surface area contributed by atoms with Gasteiger partial charge in [-0.05, 0) is 41.9 Å². The summed E-state index contributed by atoms with van der Waals surface area (Å²) in [6.07, 6.45) is 1.32. The Morgan fingerprint density at radius 3 is 2.96 bits per heavy atom. The number of nitrogens with zero attached hydrogens (tertiary/aromatic N) is 2. The van der Waals surface area contributed by atoms with Crippen LogP contribution in [0.1, 0.15) is 5.76 Å². The summed E-state index contributed by atoms with van der Waals surface area (Å²) in [7, 11) is 1.58. The topological polar surface area (TPSA) is 88.1 Å². The highest BCUT2D eigenvalue weighted by Crippen LogP contribution is 2.29. The molecule has 0 radical (unpaired) electrons. The van der Waals surface area contributed by atoms with E-state index in [0.717, 1.165) is 10.2 Å². The molecule has 0 aliphatic rings. The molecule has 0 unspecified atom stereocenters. The van der Waals surface area contributed by atoms with Crippen molar-refractivity contribution in [2.45, 2.75) is 0 Å². The molecule has 1 amide bonds. The number of hydrogen-bond donors (Lipinski definition) is 1. The van der Waals surface area contributed by atoms with Gasteiger partial charge in [0.15, 0.2) is 10.4 Å². The normalized spacial score (nSPS) is 11.3. The molecular weight excluding hydrogens is 350 g/mol. The number of benzene rings is 1. The van der Waals surface area contributed by atoms with Crippen LogP contribution in [0.5, 0.6) is 5.75 Å². The largest absolute Gasteiger partial charge is 0.497 e. The van der Waals surface area contributed by atoms with Crippen LogP contribution in [0.4, 0.5) is 5.13 Å². The number of fused-ring (bicyclic) bond motifs is 1. The van der Waals surface area contributed by atoms with Gasteiger partial charge >= 0.3 is 0 Å². The maximum Gasteiger partial charge on any atom is 0.268 e. The lowest BCUT2D eigenvalue weighted by Crippen LogP contribution is -2.13. The number of methoxy groups -OCH3 is 1. The van der Waals surface area contributed by atoms with Crippen LogP contribution in [0.15, 0.2) is 40.3 Å². The summed E-state index contributed by atoms with van der Waals surface area (Å²) in [5.41, 5.74) is 0.620. The predicted octanol–water partition coefficient (Wildman–Crippen LogP) is 4.10. The number of amides is 1. The van der Waals surface area contributed by atoms with E-state index in [4.69, 9.17) is 26.0 Å². The number of carbonyl (C=O) groups excluding carboxylic acids is 1. The molecule has 0 atom stereocenters. The first-order chi connectivity index (χ1) is 11.6. The average molecular weight is 360 g/mol. The van der Waals surface area contributed by atoms with Gasteiger partial charge in [-0.1, -0.05) is 11.3 Å². The van der Waals surface area contributed by atoms with E-state index in [0.29, 0.717) is 16.6 Å². The molecule has 0 saturated heterocycles. The van der Waals surface area contributed by atoms with E-state index in [2.05, 4.69) is 10.3 Å². The van der Waals surface area contributed by atoms with E-state index in [-0.39, 0.29) is 10.8 Å². The van der Waals surface area contributed by atoms with E-state index < -0.39 is 5.91 Å². The van der Waals surface area contributed by atoms with Crippen molar-refractivity contribution in [2.75, 3.05) is 12.4 Å². The molecule has 8 heteroatoms. The third-order valence-electron chi connectivity index (χ3n) is 3.06. The lowest BCUT2D eigenvalue weighted by molar-refractivity contribution is -0.112. The van der Waals surface area contributed by atoms with Gasteiger partial charge in [-0.2, -0.15) is 5.26 Å². The molecular formula is C16H10ClN3O3S. The zero-order valence-corrected chi connectivity index (χ0v) is 13.9. The molecule has 1 aromatic carbocycles. The molecule has 0 aliphatic heterocycles. The van der Waals surface area contributed by atoms with Crippen molar-refractivity contribution in [1.29, 1.82) is 5.26 Å². The second-order valence-corrected chi connectivity index (χ2v) is 6.02. The molecule has 6 nitrogen and oxygen atoms in total. The molecule has 2 aromatic heterocycles. The lowest BCUT2D eigenvalue weighted by Gasteiger charge is -1.98. The first-order valence-corrected chi connectivity index (χ1v) is 7.91. The fraction of sp³-hybridized carbons (Fsp3) is 0.0625. The number of anilines is 1. The maximum absolute atomic E-state index is 12.2. The number of ether oxygens (including phenoxy) is 1. The third-order valence-corrected chi connectivity index (χ3v) is 4.20. The summed E-state index contributed by atoms with van der Waals surface area (Å²) in [4.78, 5) is 16.5. The Balaban J connectivity index is 1.83. The fourth-order valence-electron chi connectivity index (χ4n) is 1.95. The Kier molecular flexibility index (Phi) is 4.51. The number of halogens is 1. The number of nitrogens with one attached hydrogen (secondary N) is 1. The smallest absolute Gasteiger partial charge is 0.268 e. The first-order valence-electron chi connectivity index (χ1n) is 6.72. The summed E-state index contributed by atoms with van der Waals surface area (Å²) in [5, 5.41) is 12.3. The number of furan rings is 1. The number of carbonyl (C=O) groups is 1. The zero-order valence-electron chi connectivity index (χ0n) is 12.4. The Morgan fingerprint density at radius 1 is 1.46 bits per heavy atom. The van der Waals surface area contributed by atoms with Crippen molar-refractivity contribution in [1.82, 2.24) is 4.98 Å². The van der Waals surface area contributed by atoms with E-state index >= 15 is 0 Å². The quantitative estimate of drug-likeness (QED) is 0.559. The number of thiazole rings is 1. The maximum atomic E-state index is 12.2. The molecule has 0 fully saturated rings. The fourth-order valence-corrected chi connectivity index (χ4v) is 2.99. The standard InChI is InChI=1S/C16H10ClN3O3S/c1-22-10-2-4-12-13(7-10)24-16(19-12)20-15(21)9(8-18)6-11-3-5-14(17)23-11/h2-7H,1H3,(H,19,20,21)/b9-6-. The van der Waals surface area contributed by atoms with Crippen molar-refractivity contribution in [3.05, 3.63) is 46.9 Å². The van der Waals surface area contributed by atoms with Crippen LogP contribution in [0.25, 0.3) is 16.3 Å². The van der Waals surface area contributed by atoms with E-state index in [1.54, 1.807) is 25.3 Å². The van der Waals surface area contributed by atoms with Gasteiger partial charge < -0.3 is 9.15 Å². The number of nitriles is 1. The second kappa shape index (κ2) is 6.74. The minimum absolute atomic E-state index is 0.113. The molecule has 3 rings (SSSR count). The zero-order chi connectivity index (χ0) is 17.1. The Labute approximate surface area is 145 Å². The van der Waals surface area contributed by atoms with Gasteiger partial charge in [-0.3, -0.25) is 10.1 Å².